The Morgan fingerprint density at radius 2 is 1.97 bits per heavy atom. The Morgan fingerprint density at radius 3 is 2.69 bits per heavy atom. The van der Waals surface area contributed by atoms with Gasteiger partial charge in [0.1, 0.15) is 5.75 Å². The molecule has 9 heteroatoms. The zero-order valence-electron chi connectivity index (χ0n) is 16.8. The van der Waals surface area contributed by atoms with Gasteiger partial charge in [0.05, 0.1) is 26.2 Å². The van der Waals surface area contributed by atoms with Crippen LogP contribution in [0.2, 0.25) is 0 Å². The highest BCUT2D eigenvalue weighted by Gasteiger charge is 2.33. The third-order valence-electron chi connectivity index (χ3n) is 5.61. The van der Waals surface area contributed by atoms with Gasteiger partial charge in [0.2, 0.25) is 11.8 Å². The second-order valence-electron chi connectivity index (χ2n) is 7.47. The van der Waals surface area contributed by atoms with Gasteiger partial charge in [0, 0.05) is 25.7 Å². The van der Waals surface area contributed by atoms with E-state index in [4.69, 9.17) is 4.74 Å². The van der Waals surface area contributed by atoms with Crippen molar-refractivity contribution in [2.45, 2.75) is 38.9 Å². The van der Waals surface area contributed by atoms with Crippen LogP contribution in [0.25, 0.3) is 0 Å². The zero-order valence-corrected chi connectivity index (χ0v) is 16.8. The maximum atomic E-state index is 12.6. The Labute approximate surface area is 169 Å². The number of methoxy groups -OCH3 is 1. The topological polar surface area (TPSA) is 92.6 Å². The monoisotopic (exact) mass is 398 g/mol. The van der Waals surface area contributed by atoms with E-state index in [2.05, 4.69) is 25.0 Å². The summed E-state index contributed by atoms with van der Waals surface area (Å²) >= 11 is 0. The number of nitrogens with one attached hydrogen (secondary N) is 1. The second kappa shape index (κ2) is 8.20. The number of anilines is 1. The summed E-state index contributed by atoms with van der Waals surface area (Å²) in [6, 6.07) is 7.37. The highest BCUT2D eigenvalue weighted by atomic mass is 16.5. The van der Waals surface area contributed by atoms with Crippen molar-refractivity contribution in [2.75, 3.05) is 32.1 Å². The van der Waals surface area contributed by atoms with Crippen LogP contribution >= 0.6 is 0 Å². The van der Waals surface area contributed by atoms with Gasteiger partial charge in [-0.05, 0) is 43.7 Å². The molecule has 1 fully saturated rings. The van der Waals surface area contributed by atoms with Gasteiger partial charge < -0.3 is 19.5 Å². The van der Waals surface area contributed by atoms with Crippen LogP contribution in [0.15, 0.2) is 24.3 Å². The molecule has 0 saturated carbocycles. The van der Waals surface area contributed by atoms with Crippen LogP contribution in [0.3, 0.4) is 0 Å². The molecule has 4 rings (SSSR count). The lowest BCUT2D eigenvalue weighted by Gasteiger charge is -2.29. The number of rotatable bonds is 5. The van der Waals surface area contributed by atoms with E-state index >= 15 is 0 Å². The van der Waals surface area contributed by atoms with E-state index in [1.807, 2.05) is 24.3 Å². The molecule has 2 aromatic rings. The maximum Gasteiger partial charge on any atom is 0.238 e. The van der Waals surface area contributed by atoms with Crippen LogP contribution in [0.5, 0.6) is 5.75 Å². The number of fused-ring (bicyclic) bond motifs is 1. The number of hydrogen-bond acceptors (Lipinski definition) is 6. The molecule has 3 heterocycles. The minimum atomic E-state index is -0.0526. The molecule has 0 spiro atoms. The van der Waals surface area contributed by atoms with Crippen molar-refractivity contribution in [3.05, 3.63) is 35.9 Å². The van der Waals surface area contributed by atoms with Gasteiger partial charge in [-0.3, -0.25) is 14.5 Å². The number of ether oxygens (including phenoxy) is 1. The van der Waals surface area contributed by atoms with Crippen LogP contribution in [0.4, 0.5) is 5.69 Å². The SMILES string of the molecule is COc1ccc(NC(=O)CN2CCC[C@H]2c2nnc3n2CCN(C(C)=O)C3)cc1. The normalized spacial score (nSPS) is 19.1. The van der Waals surface area contributed by atoms with Crippen molar-refractivity contribution >= 4 is 17.5 Å². The molecule has 29 heavy (non-hydrogen) atoms. The van der Waals surface area contributed by atoms with E-state index in [1.54, 1.807) is 18.9 Å². The molecule has 154 valence electrons. The fraction of sp³-hybridized carbons (Fsp3) is 0.500. The fourth-order valence-electron chi connectivity index (χ4n) is 4.06. The van der Waals surface area contributed by atoms with Crippen molar-refractivity contribution in [3.8, 4) is 5.75 Å². The molecule has 1 N–H and O–H groups in total. The van der Waals surface area contributed by atoms with Crippen LogP contribution in [0.1, 0.15) is 37.5 Å². The van der Waals surface area contributed by atoms with Gasteiger partial charge in [-0.25, -0.2) is 0 Å². The fourth-order valence-corrected chi connectivity index (χ4v) is 4.06. The molecule has 0 aliphatic carbocycles. The Bertz CT molecular complexity index is 894. The lowest BCUT2D eigenvalue weighted by Crippen LogP contribution is -2.38. The molecule has 1 saturated heterocycles. The number of carbonyl (C=O) groups excluding carboxylic acids is 2. The molecule has 0 bridgehead atoms. The predicted octanol–water partition coefficient (Wildman–Crippen LogP) is 1.42. The van der Waals surface area contributed by atoms with Crippen molar-refractivity contribution in [2.24, 2.45) is 0 Å². The number of aromatic nitrogens is 3. The number of carbonyl (C=O) groups is 2. The van der Waals surface area contributed by atoms with Crippen molar-refractivity contribution < 1.29 is 14.3 Å². The van der Waals surface area contributed by atoms with Crippen LogP contribution < -0.4 is 10.1 Å². The summed E-state index contributed by atoms with van der Waals surface area (Å²) in [6.45, 7) is 4.58. The molecule has 2 aliphatic heterocycles. The predicted molar refractivity (Wildman–Crippen MR) is 106 cm³/mol. The molecule has 2 aliphatic rings. The average Bonchev–Trinajstić information content (AvgIpc) is 3.34. The quantitative estimate of drug-likeness (QED) is 0.819. The lowest BCUT2D eigenvalue weighted by molar-refractivity contribution is -0.130. The Balaban J connectivity index is 1.42. The first-order chi connectivity index (χ1) is 14.0. The highest BCUT2D eigenvalue weighted by Crippen LogP contribution is 2.32. The largest absolute Gasteiger partial charge is 0.497 e. The van der Waals surface area contributed by atoms with Gasteiger partial charge in [-0.15, -0.1) is 10.2 Å². The van der Waals surface area contributed by atoms with Crippen LogP contribution in [0, 0.1) is 0 Å². The molecule has 0 unspecified atom stereocenters. The van der Waals surface area contributed by atoms with Gasteiger partial charge in [0.15, 0.2) is 11.6 Å². The molecule has 2 amide bonds. The zero-order chi connectivity index (χ0) is 20.4. The smallest absolute Gasteiger partial charge is 0.238 e. The summed E-state index contributed by atoms with van der Waals surface area (Å²) in [5.74, 6) is 2.47. The molecule has 9 nitrogen and oxygen atoms in total. The van der Waals surface area contributed by atoms with E-state index < -0.39 is 0 Å². The van der Waals surface area contributed by atoms with Crippen molar-refractivity contribution in [1.29, 1.82) is 0 Å². The molecular formula is C20H26N6O3. The summed E-state index contributed by atoms with van der Waals surface area (Å²) in [7, 11) is 1.61. The van der Waals surface area contributed by atoms with E-state index in [0.717, 1.165) is 42.5 Å². The van der Waals surface area contributed by atoms with E-state index in [1.165, 1.54) is 0 Å². The maximum absolute atomic E-state index is 12.6. The summed E-state index contributed by atoms with van der Waals surface area (Å²) in [5, 5.41) is 11.7. The molecule has 1 atom stereocenters. The van der Waals surface area contributed by atoms with E-state index in [9.17, 15) is 9.59 Å². The second-order valence-corrected chi connectivity index (χ2v) is 7.47. The van der Waals surface area contributed by atoms with Crippen molar-refractivity contribution in [3.63, 3.8) is 0 Å². The molecular weight excluding hydrogens is 372 g/mol. The summed E-state index contributed by atoms with van der Waals surface area (Å²) in [6.07, 6.45) is 1.96. The minimum absolute atomic E-state index is 0.0526. The summed E-state index contributed by atoms with van der Waals surface area (Å²) in [5.41, 5.74) is 0.746. The Morgan fingerprint density at radius 1 is 1.17 bits per heavy atom. The standard InChI is InChI=1S/C20H26N6O3/c1-14(27)24-10-11-26-18(12-24)22-23-20(26)17-4-3-9-25(17)13-19(28)21-15-5-7-16(29-2)8-6-15/h5-8,17H,3-4,9-13H2,1-2H3,(H,21,28)/t17-/m0/s1. The van der Waals surface area contributed by atoms with Gasteiger partial charge in [-0.1, -0.05) is 0 Å². The molecule has 1 aromatic carbocycles. The minimum Gasteiger partial charge on any atom is -0.497 e. The number of hydrogen-bond donors (Lipinski definition) is 1. The van der Waals surface area contributed by atoms with Crippen molar-refractivity contribution in [1.82, 2.24) is 24.6 Å². The molecule has 1 aromatic heterocycles. The summed E-state index contributed by atoms with van der Waals surface area (Å²) < 4.78 is 7.26. The number of likely N-dealkylation sites (tertiary alicyclic amines) is 1. The Hall–Kier alpha value is -2.94. The van der Waals surface area contributed by atoms with E-state index in [0.29, 0.717) is 26.2 Å². The number of amides is 2. The third kappa shape index (κ3) is 4.09. The molecule has 0 radical (unpaired) electrons. The summed E-state index contributed by atoms with van der Waals surface area (Å²) in [4.78, 5) is 28.2. The first-order valence-corrected chi connectivity index (χ1v) is 9.90. The highest BCUT2D eigenvalue weighted by molar-refractivity contribution is 5.92. The van der Waals surface area contributed by atoms with Gasteiger partial charge in [-0.2, -0.15) is 0 Å². The van der Waals surface area contributed by atoms with Gasteiger partial charge in [0.25, 0.3) is 0 Å². The number of benzene rings is 1. The lowest BCUT2D eigenvalue weighted by atomic mass is 10.2. The first-order valence-electron chi connectivity index (χ1n) is 9.90. The van der Waals surface area contributed by atoms with E-state index in [-0.39, 0.29) is 17.9 Å². The Kier molecular flexibility index (Phi) is 5.48. The first kappa shape index (κ1) is 19.4. The van der Waals surface area contributed by atoms with Crippen LogP contribution in [-0.2, 0) is 22.7 Å². The van der Waals surface area contributed by atoms with Crippen LogP contribution in [-0.4, -0.2) is 63.1 Å². The average molecular weight is 398 g/mol. The number of nitrogens with zero attached hydrogens (tertiary/aromatic N) is 5. The third-order valence-corrected chi connectivity index (χ3v) is 5.61. The van der Waals surface area contributed by atoms with Gasteiger partial charge >= 0.3 is 0 Å².